The van der Waals surface area contributed by atoms with Gasteiger partial charge in [0, 0.05) is 25.9 Å². The summed E-state index contributed by atoms with van der Waals surface area (Å²) in [6, 6.07) is 4.58. The van der Waals surface area contributed by atoms with Crippen LogP contribution < -0.4 is 10.6 Å². The smallest absolute Gasteiger partial charge is 0.220 e. The van der Waals surface area contributed by atoms with Crippen molar-refractivity contribution >= 4 is 90.4 Å². The Morgan fingerprint density at radius 1 is 0.750 bits per heavy atom. The van der Waals surface area contributed by atoms with Gasteiger partial charge in [-0.2, -0.15) is 10.5 Å². The Morgan fingerprint density at radius 2 is 1.11 bits per heavy atom. The highest BCUT2D eigenvalue weighted by atomic mass is 32.2. The number of nitriles is 2. The maximum absolute atomic E-state index is 12.1. The normalized spacial score (nSPS) is 13.9. The third-order valence-corrected chi connectivity index (χ3v) is 10.3. The first kappa shape index (κ1) is 35.5. The molecular weight excluding hydrogens is 569 g/mol. The van der Waals surface area contributed by atoms with Crippen molar-refractivity contribution in [3.05, 3.63) is 0 Å². The van der Waals surface area contributed by atoms with E-state index in [2.05, 4.69) is 22.8 Å². The fourth-order valence-electron chi connectivity index (χ4n) is 2.86. The molecule has 0 aliphatic carbocycles. The van der Waals surface area contributed by atoms with Crippen LogP contribution in [0.25, 0.3) is 0 Å². The van der Waals surface area contributed by atoms with Crippen molar-refractivity contribution in [2.45, 2.75) is 88.6 Å². The average Bonchev–Trinajstić information content (AvgIpc) is 2.83. The van der Waals surface area contributed by atoms with Crippen LogP contribution in [0.2, 0.25) is 0 Å². The molecule has 0 spiro atoms. The van der Waals surface area contributed by atoms with Gasteiger partial charge < -0.3 is 10.6 Å². The van der Waals surface area contributed by atoms with Crippen LogP contribution in [0.4, 0.5) is 0 Å². The SMILES string of the molecule is CCSC(=S)SC(C)(C#N)CCC(=O)NCCCCCCNC(=O)CCC(C)(C#N)SC(=S)SCC. The minimum Gasteiger partial charge on any atom is -0.356 e. The summed E-state index contributed by atoms with van der Waals surface area (Å²) in [4.78, 5) is 24.3. The van der Waals surface area contributed by atoms with Crippen LogP contribution in [0.15, 0.2) is 0 Å². The molecule has 0 aromatic heterocycles. The van der Waals surface area contributed by atoms with E-state index in [1.807, 2.05) is 27.7 Å². The molecule has 0 saturated carbocycles. The molecule has 0 radical (unpaired) electrons. The summed E-state index contributed by atoms with van der Waals surface area (Å²) in [5, 5.41) is 24.8. The van der Waals surface area contributed by atoms with Crippen molar-refractivity contribution in [2.24, 2.45) is 0 Å². The Labute approximate surface area is 245 Å². The van der Waals surface area contributed by atoms with Crippen LogP contribution in [0, 0.1) is 22.7 Å². The van der Waals surface area contributed by atoms with E-state index in [-0.39, 0.29) is 11.8 Å². The molecule has 0 fully saturated rings. The molecule has 0 rings (SSSR count). The fraction of sp³-hybridized carbons (Fsp3) is 0.750. The second-order valence-corrected chi connectivity index (χ2v) is 16.3. The van der Waals surface area contributed by atoms with E-state index >= 15 is 0 Å². The quantitative estimate of drug-likeness (QED) is 0.142. The summed E-state index contributed by atoms with van der Waals surface area (Å²) in [6.07, 6.45) is 5.18. The highest BCUT2D eigenvalue weighted by Crippen LogP contribution is 2.35. The van der Waals surface area contributed by atoms with Gasteiger partial charge in [0.1, 0.15) is 16.6 Å². The van der Waals surface area contributed by atoms with Gasteiger partial charge in [0.25, 0.3) is 0 Å². The molecule has 0 aromatic carbocycles. The van der Waals surface area contributed by atoms with Crippen LogP contribution >= 0.6 is 71.5 Å². The lowest BCUT2D eigenvalue weighted by atomic mass is 10.1. The topological polar surface area (TPSA) is 106 Å². The summed E-state index contributed by atoms with van der Waals surface area (Å²) in [5.41, 5.74) is 0. The molecule has 0 aliphatic heterocycles. The third kappa shape index (κ3) is 17.9. The molecule has 2 unspecified atom stereocenters. The van der Waals surface area contributed by atoms with E-state index in [4.69, 9.17) is 24.4 Å². The number of nitrogens with one attached hydrogen (secondary N) is 2. The molecule has 0 saturated heterocycles. The zero-order chi connectivity index (χ0) is 27.5. The van der Waals surface area contributed by atoms with Crippen molar-refractivity contribution < 1.29 is 9.59 Å². The number of nitrogens with zero attached hydrogens (tertiary/aromatic N) is 2. The van der Waals surface area contributed by atoms with Crippen molar-refractivity contribution in [1.82, 2.24) is 10.6 Å². The molecule has 2 amide bonds. The molecule has 2 atom stereocenters. The molecule has 0 heterocycles. The first-order chi connectivity index (χ1) is 17.0. The highest BCUT2D eigenvalue weighted by molar-refractivity contribution is 8.48. The Balaban J connectivity index is 3.95. The Hall–Kier alpha value is -0.500. The molecular formula is C24H38N4O2S6. The van der Waals surface area contributed by atoms with Crippen LogP contribution in [0.5, 0.6) is 0 Å². The standard InChI is InChI=1S/C24H38N4O2S6/c1-5-33-21(31)35-23(3,17-25)13-11-19(29)27-15-9-7-8-10-16-28-20(30)12-14-24(4,18-26)36-22(32)34-6-2/h5-16H2,1-4H3,(H,27,29)(H,28,30). The number of carbonyl (C=O) groups excluding carboxylic acids is 2. The molecule has 0 aliphatic rings. The number of amides is 2. The lowest BCUT2D eigenvalue weighted by molar-refractivity contribution is -0.122. The summed E-state index contributed by atoms with van der Waals surface area (Å²) in [6.45, 7) is 8.90. The number of thiocarbonyl (C=S) groups is 2. The first-order valence-corrected chi connectivity index (χ1v) is 16.5. The minimum absolute atomic E-state index is 0.0463. The van der Waals surface area contributed by atoms with E-state index in [1.165, 1.54) is 23.5 Å². The lowest BCUT2D eigenvalue weighted by Crippen LogP contribution is -2.28. The molecule has 6 nitrogen and oxygen atoms in total. The van der Waals surface area contributed by atoms with Gasteiger partial charge in [-0.05, 0) is 51.0 Å². The monoisotopic (exact) mass is 606 g/mol. The van der Waals surface area contributed by atoms with E-state index in [0.717, 1.165) is 44.2 Å². The van der Waals surface area contributed by atoms with Crippen LogP contribution in [-0.2, 0) is 9.59 Å². The molecule has 202 valence electrons. The maximum atomic E-state index is 12.1. The van der Waals surface area contributed by atoms with Gasteiger partial charge in [-0.25, -0.2) is 0 Å². The molecule has 2 N–H and O–H groups in total. The van der Waals surface area contributed by atoms with E-state index in [9.17, 15) is 20.1 Å². The Bertz CT molecular complexity index is 747. The fourth-order valence-corrected chi connectivity index (χ4v) is 8.66. The Morgan fingerprint density at radius 3 is 1.42 bits per heavy atom. The van der Waals surface area contributed by atoms with Crippen molar-refractivity contribution in [1.29, 1.82) is 10.5 Å². The molecule has 0 bridgehead atoms. The zero-order valence-corrected chi connectivity index (χ0v) is 26.5. The number of unbranched alkanes of at least 4 members (excludes halogenated alkanes) is 3. The van der Waals surface area contributed by atoms with Gasteiger partial charge in [0.05, 0.1) is 12.1 Å². The largest absolute Gasteiger partial charge is 0.356 e. The zero-order valence-electron chi connectivity index (χ0n) is 21.6. The number of thioether (sulfide) groups is 4. The van der Waals surface area contributed by atoms with Crippen molar-refractivity contribution in [3.8, 4) is 12.1 Å². The Kier molecular flexibility index (Phi) is 20.2. The number of hydrogen-bond donors (Lipinski definition) is 2. The summed E-state index contributed by atoms with van der Waals surface area (Å²) in [5.74, 6) is 1.65. The minimum atomic E-state index is -0.687. The van der Waals surface area contributed by atoms with Gasteiger partial charge >= 0.3 is 0 Å². The number of rotatable bonds is 17. The van der Waals surface area contributed by atoms with Crippen molar-refractivity contribution in [2.75, 3.05) is 24.6 Å². The average molecular weight is 607 g/mol. The highest BCUT2D eigenvalue weighted by Gasteiger charge is 2.28. The lowest BCUT2D eigenvalue weighted by Gasteiger charge is -2.20. The second kappa shape index (κ2) is 20.5. The van der Waals surface area contributed by atoms with Crippen molar-refractivity contribution in [3.63, 3.8) is 0 Å². The number of hydrogen-bond acceptors (Lipinski definition) is 10. The van der Waals surface area contributed by atoms with Gasteiger partial charge in [-0.1, -0.05) is 74.6 Å². The van der Waals surface area contributed by atoms with E-state index in [1.54, 1.807) is 23.5 Å². The summed E-state index contributed by atoms with van der Waals surface area (Å²) in [7, 11) is 0. The molecule has 12 heteroatoms. The predicted octanol–water partition coefficient (Wildman–Crippen LogP) is 6.45. The van der Waals surface area contributed by atoms with Gasteiger partial charge in [0.2, 0.25) is 11.8 Å². The number of carbonyl (C=O) groups is 2. The molecule has 36 heavy (non-hydrogen) atoms. The first-order valence-electron chi connectivity index (χ1n) is 12.1. The van der Waals surface area contributed by atoms with Crippen LogP contribution in [0.3, 0.4) is 0 Å². The van der Waals surface area contributed by atoms with E-state index in [0.29, 0.717) is 38.8 Å². The third-order valence-electron chi connectivity index (χ3n) is 5.02. The van der Waals surface area contributed by atoms with E-state index < -0.39 is 9.49 Å². The maximum Gasteiger partial charge on any atom is 0.220 e. The predicted molar refractivity (Wildman–Crippen MR) is 168 cm³/mol. The van der Waals surface area contributed by atoms with Gasteiger partial charge in [0.15, 0.2) is 0 Å². The summed E-state index contributed by atoms with van der Waals surface area (Å²) < 4.78 is 0.107. The van der Waals surface area contributed by atoms with Gasteiger partial charge in [-0.15, -0.1) is 23.5 Å². The second-order valence-electron chi connectivity index (χ2n) is 8.37. The van der Waals surface area contributed by atoms with Gasteiger partial charge in [-0.3, -0.25) is 9.59 Å². The summed E-state index contributed by atoms with van der Waals surface area (Å²) >= 11 is 16.4. The van der Waals surface area contributed by atoms with Crippen LogP contribution in [0.1, 0.15) is 79.1 Å². The molecule has 0 aromatic rings. The van der Waals surface area contributed by atoms with Crippen LogP contribution in [-0.4, -0.2) is 53.0 Å².